The van der Waals surface area contributed by atoms with E-state index in [0.717, 1.165) is 5.69 Å². The predicted molar refractivity (Wildman–Crippen MR) is 78.1 cm³/mol. The summed E-state index contributed by atoms with van der Waals surface area (Å²) in [5.74, 6) is -0.784. The van der Waals surface area contributed by atoms with Crippen LogP contribution in [-0.4, -0.2) is 22.7 Å². The molecule has 0 atom stereocenters. The number of hydrogen-bond acceptors (Lipinski definition) is 4. The maximum Gasteiger partial charge on any atom is 0.451 e. The van der Waals surface area contributed by atoms with Crippen molar-refractivity contribution < 1.29 is 13.2 Å². The third-order valence-corrected chi connectivity index (χ3v) is 3.55. The summed E-state index contributed by atoms with van der Waals surface area (Å²) in [5.41, 5.74) is 1.49. The first-order valence-electron chi connectivity index (χ1n) is 6.91. The highest BCUT2D eigenvalue weighted by Crippen LogP contribution is 2.41. The van der Waals surface area contributed by atoms with Crippen LogP contribution in [0.15, 0.2) is 36.5 Å². The van der Waals surface area contributed by atoms with Crippen LogP contribution in [0.1, 0.15) is 19.7 Å². The van der Waals surface area contributed by atoms with Crippen LogP contribution in [0.4, 0.5) is 30.4 Å². The van der Waals surface area contributed by atoms with Gasteiger partial charge >= 0.3 is 6.18 Å². The number of aromatic nitrogens is 2. The SMILES string of the molecule is CC(C)N1CN(c2ccccc2)c2cnc(C(F)(F)F)nc21. The molecule has 2 heterocycles. The highest BCUT2D eigenvalue weighted by atomic mass is 19.4. The van der Waals surface area contributed by atoms with Gasteiger partial charge < -0.3 is 9.80 Å². The molecule has 0 unspecified atom stereocenters. The van der Waals surface area contributed by atoms with Crippen LogP contribution >= 0.6 is 0 Å². The molecule has 1 aliphatic heterocycles. The van der Waals surface area contributed by atoms with Gasteiger partial charge in [0, 0.05) is 11.7 Å². The quantitative estimate of drug-likeness (QED) is 0.844. The van der Waals surface area contributed by atoms with Crippen molar-refractivity contribution in [2.75, 3.05) is 16.5 Å². The molecule has 22 heavy (non-hydrogen) atoms. The van der Waals surface area contributed by atoms with Crippen molar-refractivity contribution in [1.82, 2.24) is 9.97 Å². The highest BCUT2D eigenvalue weighted by molar-refractivity contribution is 5.79. The fraction of sp³-hybridized carbons (Fsp3) is 0.333. The van der Waals surface area contributed by atoms with Gasteiger partial charge in [-0.25, -0.2) is 9.97 Å². The van der Waals surface area contributed by atoms with Gasteiger partial charge in [0.1, 0.15) is 5.69 Å². The lowest BCUT2D eigenvalue weighted by Crippen LogP contribution is -2.34. The first-order valence-corrected chi connectivity index (χ1v) is 6.91. The van der Waals surface area contributed by atoms with Gasteiger partial charge in [0.15, 0.2) is 5.82 Å². The standard InChI is InChI=1S/C15H15F3N4/c1-10(2)21-9-22(11-6-4-3-5-7-11)12-8-19-14(15(16,17)18)20-13(12)21/h3-8,10H,9H2,1-2H3. The molecular formula is C15H15F3N4. The molecule has 0 amide bonds. The van der Waals surface area contributed by atoms with E-state index in [1.165, 1.54) is 6.20 Å². The number of fused-ring (bicyclic) bond motifs is 1. The van der Waals surface area contributed by atoms with E-state index in [2.05, 4.69) is 9.97 Å². The molecule has 4 nitrogen and oxygen atoms in total. The van der Waals surface area contributed by atoms with Gasteiger partial charge in [-0.3, -0.25) is 0 Å². The molecule has 0 bridgehead atoms. The summed E-state index contributed by atoms with van der Waals surface area (Å²) in [6.45, 7) is 4.30. The molecule has 7 heteroatoms. The molecule has 1 aromatic carbocycles. The molecule has 3 rings (SSSR count). The van der Waals surface area contributed by atoms with Crippen LogP contribution in [0.3, 0.4) is 0 Å². The Bertz CT molecular complexity index is 670. The van der Waals surface area contributed by atoms with Crippen molar-refractivity contribution in [3.8, 4) is 0 Å². The van der Waals surface area contributed by atoms with Crippen LogP contribution in [0.5, 0.6) is 0 Å². The third-order valence-electron chi connectivity index (χ3n) is 3.55. The molecule has 0 saturated heterocycles. The fourth-order valence-electron chi connectivity index (χ4n) is 2.44. The maximum absolute atomic E-state index is 12.8. The van der Waals surface area contributed by atoms with Gasteiger partial charge in [0.2, 0.25) is 5.82 Å². The second-order valence-corrected chi connectivity index (χ2v) is 5.37. The number of anilines is 3. The van der Waals surface area contributed by atoms with Crippen LogP contribution < -0.4 is 9.80 Å². The van der Waals surface area contributed by atoms with E-state index in [1.807, 2.05) is 54.0 Å². The largest absolute Gasteiger partial charge is 0.451 e. The lowest BCUT2D eigenvalue weighted by atomic mass is 10.3. The van der Waals surface area contributed by atoms with Gasteiger partial charge in [-0.05, 0) is 26.0 Å². The summed E-state index contributed by atoms with van der Waals surface area (Å²) in [6.07, 6.45) is -3.29. The Labute approximate surface area is 126 Å². The van der Waals surface area contributed by atoms with Crippen LogP contribution in [0, 0.1) is 0 Å². The van der Waals surface area contributed by atoms with Crippen molar-refractivity contribution in [2.45, 2.75) is 26.1 Å². The topological polar surface area (TPSA) is 32.3 Å². The normalized spacial score (nSPS) is 14.6. The summed E-state index contributed by atoms with van der Waals surface area (Å²) in [6, 6.07) is 9.51. The second-order valence-electron chi connectivity index (χ2n) is 5.37. The van der Waals surface area contributed by atoms with E-state index < -0.39 is 12.0 Å². The van der Waals surface area contributed by atoms with Crippen molar-refractivity contribution in [2.24, 2.45) is 0 Å². The third kappa shape index (κ3) is 2.47. The summed E-state index contributed by atoms with van der Waals surface area (Å²) < 4.78 is 38.5. The average Bonchev–Trinajstić information content (AvgIpc) is 2.86. The van der Waals surface area contributed by atoms with E-state index in [9.17, 15) is 13.2 Å². The van der Waals surface area contributed by atoms with Crippen molar-refractivity contribution in [1.29, 1.82) is 0 Å². The zero-order valence-corrected chi connectivity index (χ0v) is 12.2. The molecule has 0 aliphatic carbocycles. The number of halogens is 3. The summed E-state index contributed by atoms with van der Waals surface area (Å²) >= 11 is 0. The van der Waals surface area contributed by atoms with Crippen molar-refractivity contribution in [3.05, 3.63) is 42.4 Å². The van der Waals surface area contributed by atoms with Gasteiger partial charge in [0.05, 0.1) is 12.9 Å². The molecule has 0 spiro atoms. The van der Waals surface area contributed by atoms with E-state index >= 15 is 0 Å². The second kappa shape index (κ2) is 5.15. The zero-order valence-electron chi connectivity index (χ0n) is 12.2. The molecule has 1 aromatic heterocycles. The molecule has 0 radical (unpaired) electrons. The van der Waals surface area contributed by atoms with Crippen molar-refractivity contribution >= 4 is 17.2 Å². The minimum absolute atomic E-state index is 0.0310. The Morgan fingerprint density at radius 2 is 1.82 bits per heavy atom. The van der Waals surface area contributed by atoms with Gasteiger partial charge in [0.25, 0.3) is 0 Å². The van der Waals surface area contributed by atoms with Gasteiger partial charge in [-0.1, -0.05) is 18.2 Å². The Morgan fingerprint density at radius 1 is 1.14 bits per heavy atom. The number of alkyl halides is 3. The fourth-order valence-corrected chi connectivity index (χ4v) is 2.44. The average molecular weight is 308 g/mol. The number of nitrogens with zero attached hydrogens (tertiary/aromatic N) is 4. The van der Waals surface area contributed by atoms with Crippen molar-refractivity contribution in [3.63, 3.8) is 0 Å². The van der Waals surface area contributed by atoms with E-state index in [-0.39, 0.29) is 6.04 Å². The number of hydrogen-bond donors (Lipinski definition) is 0. The molecule has 0 N–H and O–H groups in total. The minimum atomic E-state index is -4.54. The number of rotatable bonds is 2. The van der Waals surface area contributed by atoms with E-state index in [0.29, 0.717) is 18.2 Å². The molecular weight excluding hydrogens is 293 g/mol. The zero-order chi connectivity index (χ0) is 15.9. The predicted octanol–water partition coefficient (Wildman–Crippen LogP) is 3.82. The van der Waals surface area contributed by atoms with E-state index in [4.69, 9.17) is 0 Å². The number of para-hydroxylation sites is 1. The molecule has 0 fully saturated rings. The number of benzene rings is 1. The van der Waals surface area contributed by atoms with Crippen LogP contribution in [0.25, 0.3) is 0 Å². The molecule has 116 valence electrons. The first kappa shape index (κ1) is 14.6. The maximum atomic E-state index is 12.8. The Hall–Kier alpha value is -2.31. The Balaban J connectivity index is 2.08. The monoisotopic (exact) mass is 308 g/mol. The van der Waals surface area contributed by atoms with Gasteiger partial charge in [-0.2, -0.15) is 13.2 Å². The van der Waals surface area contributed by atoms with Crippen LogP contribution in [0.2, 0.25) is 0 Å². The smallest absolute Gasteiger partial charge is 0.334 e. The van der Waals surface area contributed by atoms with E-state index in [1.54, 1.807) is 0 Å². The lowest BCUT2D eigenvalue weighted by molar-refractivity contribution is -0.144. The first-order chi connectivity index (χ1) is 10.4. The molecule has 2 aromatic rings. The molecule has 0 saturated carbocycles. The lowest BCUT2D eigenvalue weighted by Gasteiger charge is -2.24. The highest BCUT2D eigenvalue weighted by Gasteiger charge is 2.38. The Morgan fingerprint density at radius 3 is 2.41 bits per heavy atom. The summed E-state index contributed by atoms with van der Waals surface area (Å²) in [5, 5.41) is 0. The Kier molecular flexibility index (Phi) is 3.42. The molecule has 1 aliphatic rings. The van der Waals surface area contributed by atoms with Crippen LogP contribution in [-0.2, 0) is 6.18 Å². The minimum Gasteiger partial charge on any atom is -0.334 e. The van der Waals surface area contributed by atoms with Gasteiger partial charge in [-0.15, -0.1) is 0 Å². The summed E-state index contributed by atoms with van der Waals surface area (Å²) in [7, 11) is 0. The summed E-state index contributed by atoms with van der Waals surface area (Å²) in [4.78, 5) is 11.0.